The molecular weight excluding hydrogens is 298 g/mol. The predicted molar refractivity (Wildman–Crippen MR) is 93.3 cm³/mol. The first-order chi connectivity index (χ1) is 11.6. The number of benzene rings is 1. The first-order valence-electron chi connectivity index (χ1n) is 9.15. The molecule has 0 unspecified atom stereocenters. The molecule has 0 radical (unpaired) electrons. The van der Waals surface area contributed by atoms with Gasteiger partial charge in [0.05, 0.1) is 19.0 Å². The molecule has 0 aromatic heterocycles. The van der Waals surface area contributed by atoms with Crippen LogP contribution < -0.4 is 10.6 Å². The summed E-state index contributed by atoms with van der Waals surface area (Å²) in [5, 5.41) is 15.3. The van der Waals surface area contributed by atoms with Crippen LogP contribution in [0.5, 0.6) is 0 Å². The highest BCUT2D eigenvalue weighted by Gasteiger charge is 2.50. The summed E-state index contributed by atoms with van der Waals surface area (Å²) in [4.78, 5) is 12.3. The van der Waals surface area contributed by atoms with Crippen LogP contribution in [0.2, 0.25) is 0 Å². The molecule has 4 nitrogen and oxygen atoms in total. The van der Waals surface area contributed by atoms with Crippen molar-refractivity contribution < 1.29 is 4.79 Å². The smallest absolute Gasteiger partial charge is 0.238 e. The van der Waals surface area contributed by atoms with Gasteiger partial charge in [-0.2, -0.15) is 5.26 Å². The maximum absolute atomic E-state index is 12.3. The van der Waals surface area contributed by atoms with Crippen molar-refractivity contribution in [3.63, 3.8) is 0 Å². The molecule has 1 amide bonds. The van der Waals surface area contributed by atoms with Gasteiger partial charge < -0.3 is 10.6 Å². The van der Waals surface area contributed by atoms with Crippen LogP contribution in [0.25, 0.3) is 0 Å². The van der Waals surface area contributed by atoms with E-state index in [-0.39, 0.29) is 11.4 Å². The zero-order valence-corrected chi connectivity index (χ0v) is 14.1. The molecule has 0 heterocycles. The molecule has 4 bridgehead atoms. The number of carbonyl (C=O) groups is 1. The zero-order valence-electron chi connectivity index (χ0n) is 14.1. The van der Waals surface area contributed by atoms with E-state index in [0.29, 0.717) is 13.0 Å². The lowest BCUT2D eigenvalue weighted by Crippen LogP contribution is -2.59. The highest BCUT2D eigenvalue weighted by Crippen LogP contribution is 2.55. The molecule has 4 aliphatic carbocycles. The van der Waals surface area contributed by atoms with Crippen molar-refractivity contribution in [1.82, 2.24) is 5.32 Å². The summed E-state index contributed by atoms with van der Waals surface area (Å²) >= 11 is 0. The number of hydrogen-bond acceptors (Lipinski definition) is 3. The van der Waals surface area contributed by atoms with Gasteiger partial charge in [-0.15, -0.1) is 0 Å². The van der Waals surface area contributed by atoms with Gasteiger partial charge in [0.1, 0.15) is 0 Å². The van der Waals surface area contributed by atoms with Crippen molar-refractivity contribution in [1.29, 1.82) is 5.26 Å². The normalized spacial score (nSPS) is 33.2. The Morgan fingerprint density at radius 2 is 1.67 bits per heavy atom. The second-order valence-electron chi connectivity index (χ2n) is 8.13. The Balaban J connectivity index is 1.31. The Hall–Kier alpha value is -1.86. The lowest BCUT2D eigenvalue weighted by Gasteiger charge is -2.57. The minimum absolute atomic E-state index is 0.0266. The van der Waals surface area contributed by atoms with Gasteiger partial charge in [-0.1, -0.05) is 12.1 Å². The number of nitrogens with one attached hydrogen (secondary N) is 2. The third kappa shape index (κ3) is 3.18. The van der Waals surface area contributed by atoms with Gasteiger partial charge in [0.15, 0.2) is 0 Å². The van der Waals surface area contributed by atoms with Crippen molar-refractivity contribution in [3.05, 3.63) is 29.8 Å². The van der Waals surface area contributed by atoms with E-state index < -0.39 is 0 Å². The minimum atomic E-state index is 0.0266. The van der Waals surface area contributed by atoms with Crippen LogP contribution in [-0.2, 0) is 11.2 Å². The largest absolute Gasteiger partial charge is 0.325 e. The van der Waals surface area contributed by atoms with Crippen LogP contribution in [0.15, 0.2) is 24.3 Å². The van der Waals surface area contributed by atoms with Gasteiger partial charge in [-0.05, 0) is 74.0 Å². The standard InChI is InChI=1S/C20H25N3O/c21-6-5-14-1-3-18(4-2-14)23-19(24)13-22-20-10-15-7-16(11-20)9-17(8-15)12-20/h1-4,15-17,22H,5,7-13H2,(H,23,24). The van der Waals surface area contributed by atoms with Crippen molar-refractivity contribution in [2.24, 2.45) is 17.8 Å². The van der Waals surface area contributed by atoms with Crippen LogP contribution in [0.3, 0.4) is 0 Å². The monoisotopic (exact) mass is 323 g/mol. The Morgan fingerprint density at radius 3 is 2.21 bits per heavy atom. The van der Waals surface area contributed by atoms with Gasteiger partial charge in [-0.25, -0.2) is 0 Å². The van der Waals surface area contributed by atoms with Crippen LogP contribution >= 0.6 is 0 Å². The van der Waals surface area contributed by atoms with Gasteiger partial charge in [0.2, 0.25) is 5.91 Å². The summed E-state index contributed by atoms with van der Waals surface area (Å²) in [5.74, 6) is 2.69. The molecule has 5 rings (SSSR count). The summed E-state index contributed by atoms with van der Waals surface area (Å²) in [6.45, 7) is 0.395. The van der Waals surface area contributed by atoms with Crippen molar-refractivity contribution in [2.45, 2.75) is 50.5 Å². The van der Waals surface area contributed by atoms with Crippen molar-refractivity contribution in [2.75, 3.05) is 11.9 Å². The molecule has 1 aromatic carbocycles. The van der Waals surface area contributed by atoms with E-state index in [4.69, 9.17) is 5.26 Å². The van der Waals surface area contributed by atoms with E-state index >= 15 is 0 Å². The quantitative estimate of drug-likeness (QED) is 0.874. The SMILES string of the molecule is N#CCc1ccc(NC(=O)CNC23CC4CC(CC(C4)C2)C3)cc1. The fourth-order valence-corrected chi connectivity index (χ4v) is 5.60. The van der Waals surface area contributed by atoms with Gasteiger partial charge in [0, 0.05) is 11.2 Å². The molecule has 4 saturated carbocycles. The molecule has 24 heavy (non-hydrogen) atoms. The number of carbonyl (C=O) groups excluding carboxylic acids is 1. The highest BCUT2D eigenvalue weighted by atomic mass is 16.1. The van der Waals surface area contributed by atoms with E-state index in [1.54, 1.807) is 0 Å². The molecule has 0 atom stereocenters. The first kappa shape index (κ1) is 15.7. The Bertz CT molecular complexity index is 623. The molecule has 4 fully saturated rings. The Labute approximate surface area is 143 Å². The predicted octanol–water partition coefficient (Wildman–Crippen LogP) is 3.25. The van der Waals surface area contributed by atoms with Crippen LogP contribution in [0.4, 0.5) is 5.69 Å². The number of nitriles is 1. The summed E-state index contributed by atoms with van der Waals surface area (Å²) < 4.78 is 0. The molecule has 4 aliphatic rings. The zero-order chi connectivity index (χ0) is 16.6. The lowest BCUT2D eigenvalue weighted by molar-refractivity contribution is -0.116. The van der Waals surface area contributed by atoms with Crippen LogP contribution in [0.1, 0.15) is 44.1 Å². The molecule has 0 spiro atoms. The summed E-state index contributed by atoms with van der Waals surface area (Å²) in [6.07, 6.45) is 8.44. The molecule has 0 aliphatic heterocycles. The fraction of sp³-hybridized carbons (Fsp3) is 0.600. The van der Waals surface area contributed by atoms with Gasteiger partial charge in [-0.3, -0.25) is 4.79 Å². The minimum Gasteiger partial charge on any atom is -0.325 e. The molecular formula is C20H25N3O. The lowest BCUT2D eigenvalue weighted by atomic mass is 9.53. The number of amides is 1. The summed E-state index contributed by atoms with van der Waals surface area (Å²) in [6, 6.07) is 9.66. The Kier molecular flexibility index (Phi) is 4.05. The van der Waals surface area contributed by atoms with Crippen LogP contribution in [0, 0.1) is 29.1 Å². The average Bonchev–Trinajstić information content (AvgIpc) is 2.54. The highest BCUT2D eigenvalue weighted by molar-refractivity contribution is 5.92. The van der Waals surface area contributed by atoms with Crippen molar-refractivity contribution in [3.8, 4) is 6.07 Å². The number of hydrogen-bond donors (Lipinski definition) is 2. The third-order valence-corrected chi connectivity index (χ3v) is 6.18. The van der Waals surface area contributed by atoms with E-state index in [0.717, 1.165) is 29.0 Å². The summed E-state index contributed by atoms with van der Waals surface area (Å²) in [7, 11) is 0. The number of rotatable bonds is 5. The second-order valence-corrected chi connectivity index (χ2v) is 8.13. The van der Waals surface area contributed by atoms with Crippen LogP contribution in [-0.4, -0.2) is 18.0 Å². The van der Waals surface area contributed by atoms with E-state index in [2.05, 4.69) is 16.7 Å². The first-order valence-corrected chi connectivity index (χ1v) is 9.15. The number of nitrogens with zero attached hydrogens (tertiary/aromatic N) is 1. The maximum Gasteiger partial charge on any atom is 0.238 e. The third-order valence-electron chi connectivity index (χ3n) is 6.18. The molecule has 126 valence electrons. The second kappa shape index (κ2) is 6.22. The van der Waals surface area contributed by atoms with Crippen molar-refractivity contribution >= 4 is 11.6 Å². The molecule has 4 heteroatoms. The van der Waals surface area contributed by atoms with Gasteiger partial charge in [0.25, 0.3) is 0 Å². The Morgan fingerprint density at radius 1 is 1.08 bits per heavy atom. The molecule has 1 aromatic rings. The maximum atomic E-state index is 12.3. The molecule has 0 saturated heterocycles. The topological polar surface area (TPSA) is 64.9 Å². The summed E-state index contributed by atoms with van der Waals surface area (Å²) in [5.41, 5.74) is 2.00. The van der Waals surface area contributed by atoms with Gasteiger partial charge >= 0.3 is 0 Å². The van der Waals surface area contributed by atoms with E-state index in [1.165, 1.54) is 38.5 Å². The average molecular weight is 323 g/mol. The molecule has 2 N–H and O–H groups in total. The number of anilines is 1. The fourth-order valence-electron chi connectivity index (χ4n) is 5.60. The van der Waals surface area contributed by atoms with E-state index in [1.807, 2.05) is 24.3 Å². The van der Waals surface area contributed by atoms with E-state index in [9.17, 15) is 4.79 Å².